The zero-order valence-corrected chi connectivity index (χ0v) is 14.1. The Labute approximate surface area is 134 Å². The SMILES string of the molecule is CCC(CC)C(Br)CNC(=O)c1ccnc2ccccc12. The van der Waals surface area contributed by atoms with Crippen LogP contribution >= 0.6 is 15.9 Å². The van der Waals surface area contributed by atoms with Gasteiger partial charge >= 0.3 is 0 Å². The second kappa shape index (κ2) is 7.55. The van der Waals surface area contributed by atoms with Crippen molar-refractivity contribution in [2.24, 2.45) is 5.92 Å². The molecule has 4 heteroatoms. The van der Waals surface area contributed by atoms with Crippen molar-refractivity contribution < 1.29 is 4.79 Å². The first kappa shape index (κ1) is 16.0. The molecule has 0 fully saturated rings. The highest BCUT2D eigenvalue weighted by Crippen LogP contribution is 2.20. The third-order valence-corrected chi connectivity index (χ3v) is 4.98. The number of fused-ring (bicyclic) bond motifs is 1. The molecule has 0 radical (unpaired) electrons. The summed E-state index contributed by atoms with van der Waals surface area (Å²) in [7, 11) is 0. The zero-order chi connectivity index (χ0) is 15.2. The number of pyridine rings is 1. The molecular weight excluding hydrogens is 328 g/mol. The van der Waals surface area contributed by atoms with Gasteiger partial charge < -0.3 is 5.32 Å². The van der Waals surface area contributed by atoms with Crippen molar-refractivity contribution in [2.45, 2.75) is 31.5 Å². The molecule has 0 saturated heterocycles. The molecule has 0 aliphatic carbocycles. The minimum Gasteiger partial charge on any atom is -0.351 e. The second-order valence-corrected chi connectivity index (χ2v) is 6.35. The highest BCUT2D eigenvalue weighted by molar-refractivity contribution is 9.09. The smallest absolute Gasteiger partial charge is 0.252 e. The Kier molecular flexibility index (Phi) is 5.74. The Hall–Kier alpha value is -1.42. The molecule has 1 aromatic carbocycles. The Morgan fingerprint density at radius 3 is 2.67 bits per heavy atom. The molecule has 2 rings (SSSR count). The number of nitrogens with one attached hydrogen (secondary N) is 1. The van der Waals surface area contributed by atoms with Gasteiger partial charge in [0.2, 0.25) is 0 Å². The number of halogens is 1. The third-order valence-electron chi connectivity index (χ3n) is 3.91. The minimum absolute atomic E-state index is 0.0380. The predicted molar refractivity (Wildman–Crippen MR) is 90.9 cm³/mol. The van der Waals surface area contributed by atoms with E-state index in [9.17, 15) is 4.79 Å². The van der Waals surface area contributed by atoms with Crippen LogP contribution in [0.2, 0.25) is 0 Å². The number of benzene rings is 1. The van der Waals surface area contributed by atoms with Crippen molar-refractivity contribution in [3.63, 3.8) is 0 Å². The van der Waals surface area contributed by atoms with Crippen molar-refractivity contribution in [3.05, 3.63) is 42.1 Å². The maximum atomic E-state index is 12.4. The van der Waals surface area contributed by atoms with E-state index in [1.807, 2.05) is 24.3 Å². The number of hydrogen-bond acceptors (Lipinski definition) is 2. The van der Waals surface area contributed by atoms with Gasteiger partial charge in [-0.15, -0.1) is 0 Å². The quantitative estimate of drug-likeness (QED) is 0.796. The van der Waals surface area contributed by atoms with Gasteiger partial charge in [-0.3, -0.25) is 9.78 Å². The Balaban J connectivity index is 2.09. The van der Waals surface area contributed by atoms with E-state index in [1.165, 1.54) is 0 Å². The van der Waals surface area contributed by atoms with Crippen molar-refractivity contribution in [2.75, 3.05) is 6.54 Å². The summed E-state index contributed by atoms with van der Waals surface area (Å²) in [6.07, 6.45) is 3.91. The average Bonchev–Trinajstić information content (AvgIpc) is 2.53. The zero-order valence-electron chi connectivity index (χ0n) is 12.5. The van der Waals surface area contributed by atoms with Gasteiger partial charge in [0.15, 0.2) is 0 Å². The molecule has 0 bridgehead atoms. The van der Waals surface area contributed by atoms with E-state index >= 15 is 0 Å². The molecule has 112 valence electrons. The summed E-state index contributed by atoms with van der Waals surface area (Å²) in [5.41, 5.74) is 1.53. The molecule has 0 aliphatic rings. The number of carbonyl (C=O) groups excluding carboxylic acids is 1. The van der Waals surface area contributed by atoms with E-state index < -0.39 is 0 Å². The van der Waals surface area contributed by atoms with E-state index in [-0.39, 0.29) is 5.91 Å². The van der Waals surface area contributed by atoms with E-state index in [2.05, 4.69) is 40.1 Å². The van der Waals surface area contributed by atoms with Gasteiger partial charge in [-0.25, -0.2) is 0 Å². The van der Waals surface area contributed by atoms with Crippen LogP contribution in [0.15, 0.2) is 36.5 Å². The first-order valence-corrected chi connectivity index (χ1v) is 8.35. The summed E-state index contributed by atoms with van der Waals surface area (Å²) in [6.45, 7) is 5.00. The number of nitrogens with zero attached hydrogens (tertiary/aromatic N) is 1. The van der Waals surface area contributed by atoms with Gasteiger partial charge in [0.25, 0.3) is 5.91 Å². The van der Waals surface area contributed by atoms with Crippen LogP contribution in [-0.2, 0) is 0 Å². The molecule has 21 heavy (non-hydrogen) atoms. The Morgan fingerprint density at radius 1 is 1.24 bits per heavy atom. The fraction of sp³-hybridized carbons (Fsp3) is 0.412. The normalized spacial score (nSPS) is 12.6. The average molecular weight is 349 g/mol. The lowest BCUT2D eigenvalue weighted by Gasteiger charge is -2.20. The summed E-state index contributed by atoms with van der Waals surface area (Å²) in [6, 6.07) is 9.49. The molecule has 1 N–H and O–H groups in total. The molecule has 1 amide bonds. The van der Waals surface area contributed by atoms with Gasteiger partial charge in [-0.05, 0) is 18.1 Å². The predicted octanol–water partition coefficient (Wildman–Crippen LogP) is 4.16. The highest BCUT2D eigenvalue weighted by Gasteiger charge is 2.17. The Bertz CT molecular complexity index is 605. The maximum Gasteiger partial charge on any atom is 0.252 e. The number of aromatic nitrogens is 1. The minimum atomic E-state index is -0.0380. The lowest BCUT2D eigenvalue weighted by atomic mass is 9.99. The molecule has 3 nitrogen and oxygen atoms in total. The van der Waals surface area contributed by atoms with Crippen molar-refractivity contribution in [1.29, 1.82) is 0 Å². The molecule has 0 aliphatic heterocycles. The number of alkyl halides is 1. The second-order valence-electron chi connectivity index (χ2n) is 5.18. The highest BCUT2D eigenvalue weighted by atomic mass is 79.9. The Morgan fingerprint density at radius 2 is 1.95 bits per heavy atom. The van der Waals surface area contributed by atoms with Gasteiger partial charge in [0.1, 0.15) is 0 Å². The topological polar surface area (TPSA) is 42.0 Å². The van der Waals surface area contributed by atoms with Crippen LogP contribution in [0.3, 0.4) is 0 Å². The fourth-order valence-electron chi connectivity index (χ4n) is 2.55. The number of amides is 1. The van der Waals surface area contributed by atoms with Crippen LogP contribution in [-0.4, -0.2) is 22.3 Å². The van der Waals surface area contributed by atoms with Gasteiger partial charge in [0, 0.05) is 23.0 Å². The van der Waals surface area contributed by atoms with Crippen molar-refractivity contribution in [1.82, 2.24) is 10.3 Å². The monoisotopic (exact) mass is 348 g/mol. The standard InChI is InChI=1S/C17H21BrN2O/c1-3-12(4-2)15(18)11-20-17(21)14-9-10-19-16-8-6-5-7-13(14)16/h5-10,12,15H,3-4,11H2,1-2H3,(H,20,21). The molecule has 1 unspecified atom stereocenters. The van der Waals surface area contributed by atoms with Crippen LogP contribution in [0.1, 0.15) is 37.0 Å². The number of carbonyl (C=O) groups is 1. The molecule has 0 spiro atoms. The van der Waals surface area contributed by atoms with Crippen molar-refractivity contribution >= 4 is 32.7 Å². The van der Waals surface area contributed by atoms with Gasteiger partial charge in [-0.1, -0.05) is 60.8 Å². The molecule has 1 aromatic heterocycles. The summed E-state index contributed by atoms with van der Waals surface area (Å²) in [4.78, 5) is 17.0. The largest absolute Gasteiger partial charge is 0.351 e. The summed E-state index contributed by atoms with van der Waals surface area (Å²) < 4.78 is 0. The van der Waals surface area contributed by atoms with Crippen LogP contribution in [0.25, 0.3) is 10.9 Å². The summed E-state index contributed by atoms with van der Waals surface area (Å²) in [5.74, 6) is 0.545. The van der Waals surface area contributed by atoms with Crippen LogP contribution in [0, 0.1) is 5.92 Å². The number of rotatable bonds is 6. The molecule has 2 aromatic rings. The number of para-hydroxylation sites is 1. The summed E-state index contributed by atoms with van der Waals surface area (Å²) in [5, 5.41) is 3.92. The van der Waals surface area contributed by atoms with Gasteiger partial charge in [-0.2, -0.15) is 0 Å². The van der Waals surface area contributed by atoms with Crippen LogP contribution < -0.4 is 5.32 Å². The lowest BCUT2D eigenvalue weighted by Crippen LogP contribution is -2.33. The molecule has 0 saturated carbocycles. The van der Waals surface area contributed by atoms with E-state index in [4.69, 9.17) is 0 Å². The molecular formula is C17H21BrN2O. The lowest BCUT2D eigenvalue weighted by molar-refractivity contribution is 0.0953. The fourth-order valence-corrected chi connectivity index (χ4v) is 3.46. The maximum absolute atomic E-state index is 12.4. The molecule has 1 atom stereocenters. The van der Waals surface area contributed by atoms with Crippen LogP contribution in [0.5, 0.6) is 0 Å². The summed E-state index contributed by atoms with van der Waals surface area (Å²) >= 11 is 3.69. The van der Waals surface area contributed by atoms with Crippen LogP contribution in [0.4, 0.5) is 0 Å². The third kappa shape index (κ3) is 3.82. The first-order chi connectivity index (χ1) is 10.2. The van der Waals surface area contributed by atoms with E-state index in [0.29, 0.717) is 22.9 Å². The number of hydrogen-bond donors (Lipinski definition) is 1. The molecule has 1 heterocycles. The van der Waals surface area contributed by atoms with E-state index in [0.717, 1.165) is 23.7 Å². The van der Waals surface area contributed by atoms with Crippen molar-refractivity contribution in [3.8, 4) is 0 Å². The first-order valence-electron chi connectivity index (χ1n) is 7.43. The van der Waals surface area contributed by atoms with E-state index in [1.54, 1.807) is 12.3 Å². The van der Waals surface area contributed by atoms with Gasteiger partial charge in [0.05, 0.1) is 11.1 Å².